The Balaban J connectivity index is 0.000000147. The summed E-state index contributed by atoms with van der Waals surface area (Å²) in [5.74, 6) is 1.61. The van der Waals surface area contributed by atoms with Gasteiger partial charge in [-0.2, -0.15) is 0 Å². The molecule has 1 fully saturated rings. The van der Waals surface area contributed by atoms with Crippen LogP contribution >= 0.6 is 59.9 Å². The Labute approximate surface area is 589 Å². The summed E-state index contributed by atoms with van der Waals surface area (Å²) in [5, 5.41) is 21.3. The van der Waals surface area contributed by atoms with Crippen LogP contribution < -0.4 is 31.9 Å². The minimum absolute atomic E-state index is 0.518. The molecular weight excluding hydrogens is 1300 g/mol. The highest BCUT2D eigenvalue weighted by atomic mass is 35.5. The number of rotatable bonds is 18. The third kappa shape index (κ3) is 18.5. The number of likely N-dealkylation sites (N-methyl/N-ethyl adjacent to an activating group) is 1. The van der Waals surface area contributed by atoms with Gasteiger partial charge in [0.15, 0.2) is 0 Å². The second kappa shape index (κ2) is 32.3. The molecule has 0 saturated carbocycles. The van der Waals surface area contributed by atoms with Gasteiger partial charge in [0.25, 0.3) is 0 Å². The summed E-state index contributed by atoms with van der Waals surface area (Å²) >= 11 is 29.3. The predicted octanol–water partition coefficient (Wildman–Crippen LogP) is 14.2. The van der Waals surface area contributed by atoms with Crippen molar-refractivity contribution < 1.29 is 0 Å². The molecule has 0 radical (unpaired) electrons. The van der Waals surface area contributed by atoms with Crippen LogP contribution in [0.15, 0.2) is 122 Å². The quantitative estimate of drug-likeness (QED) is 0.0443. The zero-order chi connectivity index (χ0) is 67.4. The number of hydrogen-bond donors (Lipinski definition) is 6. The molecule has 496 valence electrons. The van der Waals surface area contributed by atoms with Gasteiger partial charge < -0.3 is 51.5 Å². The van der Waals surface area contributed by atoms with Crippen molar-refractivity contribution in [1.82, 2.24) is 64.5 Å². The molecule has 6 N–H and O–H groups in total. The van der Waals surface area contributed by atoms with E-state index in [0.717, 1.165) is 174 Å². The summed E-state index contributed by atoms with van der Waals surface area (Å²) < 4.78 is 0. The molecule has 9 aromatic rings. The number of halogens is 2. The minimum Gasteiger partial charge on any atom is -0.349 e. The standard InChI is InChI=1S/C27H32ClN7S.C23H26N6S.C22H23ClN6S/c1-17-23(11-18(14-29-17)8-10-35-9-4-5-21(16-35)34(2)3)32-27-30-15-19-12-25(36)31-24-13-20(28)6-7-22(24)26(19)33-27;1-15-6-7-19-20(9-15)27-21(30)11-17-13-25-23(28-22(17)19)26-18-10-16(12-24-14-18)5-4-8-29(2)3;1-29(2)8-4-5-14-9-17-19(11-18(14)23)27-20(30)10-15-12-25-22(28-21(15)17)26-16-6-3-7-24-13-16/h6-7,11,13-15,21H,4-5,8-10,12,16H2,1-3H3,(H,31,36)(H,30,32,33);6-7,9-10,12-14H,4-5,8,11H2,1-3H3,(H,27,30)(H,25,26,28);3,6-7,9,11-13H,4-5,8,10H2,1-2H3,(H,27,30)(H,25,26,28). The Bertz CT molecular complexity index is 4290. The van der Waals surface area contributed by atoms with Crippen molar-refractivity contribution in [3.8, 4) is 33.8 Å². The number of pyridine rings is 3. The normalized spacial score (nSPS) is 14.6. The fraction of sp³-hybridized carbons (Fsp3) is 0.333. The lowest BCUT2D eigenvalue weighted by Crippen LogP contribution is -2.45. The van der Waals surface area contributed by atoms with Gasteiger partial charge >= 0.3 is 0 Å². The van der Waals surface area contributed by atoms with E-state index in [0.29, 0.717) is 48.2 Å². The number of thiocarbonyl (C=S) groups is 3. The highest BCUT2D eigenvalue weighted by Gasteiger charge is 2.25. The van der Waals surface area contributed by atoms with Crippen LogP contribution in [-0.2, 0) is 38.5 Å². The molecule has 1 saturated heterocycles. The van der Waals surface area contributed by atoms with Crippen LogP contribution in [-0.4, -0.2) is 160 Å². The van der Waals surface area contributed by atoms with Gasteiger partial charge in [-0.15, -0.1) is 0 Å². The average molecular weight is 1380 g/mol. The van der Waals surface area contributed by atoms with Gasteiger partial charge in [0.2, 0.25) is 17.8 Å². The van der Waals surface area contributed by atoms with Crippen molar-refractivity contribution in [2.24, 2.45) is 0 Å². The third-order valence-electron chi connectivity index (χ3n) is 17.0. The zero-order valence-electron chi connectivity index (χ0n) is 55.5. The lowest BCUT2D eigenvalue weighted by molar-refractivity contribution is 0.134. The first kappa shape index (κ1) is 69.2. The minimum atomic E-state index is 0.518. The number of aryl methyl sites for hydroxylation is 4. The number of aromatic nitrogens is 9. The molecule has 19 nitrogen and oxygen atoms in total. The monoisotopic (exact) mass is 1380 g/mol. The number of hydrogen-bond acceptors (Lipinski definition) is 19. The Morgan fingerprint density at radius 2 is 1.14 bits per heavy atom. The van der Waals surface area contributed by atoms with Crippen LogP contribution in [0.4, 0.5) is 52.0 Å². The molecule has 3 aromatic carbocycles. The maximum Gasteiger partial charge on any atom is 0.227 e. The fourth-order valence-corrected chi connectivity index (χ4v) is 13.2. The molecule has 6 aromatic heterocycles. The lowest BCUT2D eigenvalue weighted by Gasteiger charge is -2.36. The average Bonchev–Trinajstić information content (AvgIpc) is 1.55. The van der Waals surface area contributed by atoms with Gasteiger partial charge in [-0.25, -0.2) is 29.9 Å². The predicted molar refractivity (Wildman–Crippen MR) is 405 cm³/mol. The zero-order valence-corrected chi connectivity index (χ0v) is 59.5. The van der Waals surface area contributed by atoms with Crippen LogP contribution in [0.25, 0.3) is 33.8 Å². The molecule has 4 aliphatic rings. The molecule has 96 heavy (non-hydrogen) atoms. The molecule has 1 unspecified atom stereocenters. The van der Waals surface area contributed by atoms with E-state index in [9.17, 15) is 0 Å². The lowest BCUT2D eigenvalue weighted by atomic mass is 10.00. The number of fused-ring (bicyclic) bond motifs is 9. The first-order chi connectivity index (χ1) is 46.3. The van der Waals surface area contributed by atoms with Crippen molar-refractivity contribution in [3.63, 3.8) is 0 Å². The molecular formula is C72H81Cl2N19S3. The topological polar surface area (TPSA) is 201 Å². The van der Waals surface area contributed by atoms with Crippen molar-refractivity contribution in [2.75, 3.05) is 107 Å². The highest BCUT2D eigenvalue weighted by molar-refractivity contribution is 7.81. The van der Waals surface area contributed by atoms with Crippen LogP contribution in [0, 0.1) is 13.8 Å². The molecule has 0 spiro atoms. The summed E-state index contributed by atoms with van der Waals surface area (Å²) in [6.45, 7) is 9.47. The van der Waals surface area contributed by atoms with Crippen LogP contribution in [0.3, 0.4) is 0 Å². The maximum atomic E-state index is 6.59. The number of nitrogens with zero attached hydrogens (tertiary/aromatic N) is 13. The van der Waals surface area contributed by atoms with E-state index >= 15 is 0 Å². The van der Waals surface area contributed by atoms with Gasteiger partial charge in [-0.05, 0) is 204 Å². The second-order valence-corrected chi connectivity index (χ2v) is 27.7. The Morgan fingerprint density at radius 3 is 1.76 bits per heavy atom. The van der Waals surface area contributed by atoms with Crippen molar-refractivity contribution in [2.45, 2.75) is 84.1 Å². The van der Waals surface area contributed by atoms with Crippen molar-refractivity contribution >= 4 is 127 Å². The van der Waals surface area contributed by atoms with E-state index in [1.807, 2.05) is 74.3 Å². The first-order valence-corrected chi connectivity index (χ1v) is 34.3. The Morgan fingerprint density at radius 1 is 0.562 bits per heavy atom. The SMILES string of the molecule is CN(C)CCCc1cc2c(cc1Cl)NC(=S)Cc1cnc(Nc3cccnc3)nc1-2.Cc1ccc2c(c1)NC(=S)Cc1cnc(Nc3cncc(CCCN(C)C)c3)nc1-2.Cc1ncc(CCN2CCCC(N(C)C)C2)cc1Nc1ncc2c(n1)-c1ccc(Cl)cc1NC(=S)C2. The van der Waals surface area contributed by atoms with E-state index in [-0.39, 0.29) is 0 Å². The van der Waals surface area contributed by atoms with Gasteiger partial charge in [0.05, 0.1) is 67.2 Å². The molecule has 10 heterocycles. The Kier molecular flexibility index (Phi) is 23.3. The second-order valence-electron chi connectivity index (χ2n) is 25.4. The van der Waals surface area contributed by atoms with Crippen LogP contribution in [0.1, 0.15) is 70.3 Å². The van der Waals surface area contributed by atoms with E-state index in [1.54, 1.807) is 18.6 Å². The first-order valence-electron chi connectivity index (χ1n) is 32.3. The van der Waals surface area contributed by atoms with Crippen LogP contribution in [0.5, 0.6) is 0 Å². The van der Waals surface area contributed by atoms with E-state index < -0.39 is 0 Å². The summed E-state index contributed by atoms with van der Waals surface area (Å²) in [4.78, 5) is 52.8. The van der Waals surface area contributed by atoms with Gasteiger partial charge in [0.1, 0.15) is 0 Å². The molecule has 0 aliphatic carbocycles. The molecule has 4 aliphatic heterocycles. The van der Waals surface area contributed by atoms with Gasteiger partial charge in [-0.1, -0.05) is 72.0 Å². The summed E-state index contributed by atoms with van der Waals surface area (Å²) in [7, 11) is 12.7. The summed E-state index contributed by atoms with van der Waals surface area (Å²) in [5.41, 5.74) is 19.6. The van der Waals surface area contributed by atoms with E-state index in [2.05, 4.69) is 167 Å². The molecule has 1 atom stereocenters. The van der Waals surface area contributed by atoms with E-state index in [1.165, 1.54) is 36.1 Å². The molecule has 0 amide bonds. The summed E-state index contributed by atoms with van der Waals surface area (Å²) in [6.07, 6.45) is 24.0. The number of anilines is 9. The number of benzene rings is 3. The highest BCUT2D eigenvalue weighted by Crippen LogP contribution is 2.40. The van der Waals surface area contributed by atoms with Crippen molar-refractivity contribution in [1.29, 1.82) is 0 Å². The number of likely N-dealkylation sites (tertiary alicyclic amines) is 1. The maximum absolute atomic E-state index is 6.59. The smallest absolute Gasteiger partial charge is 0.227 e. The number of piperidine rings is 1. The fourth-order valence-electron chi connectivity index (χ4n) is 12.0. The van der Waals surface area contributed by atoms with Gasteiger partial charge in [-0.3, -0.25) is 15.0 Å². The summed E-state index contributed by atoms with van der Waals surface area (Å²) in [6, 6.07) is 24.8. The molecule has 0 bridgehead atoms. The largest absolute Gasteiger partial charge is 0.349 e. The molecule has 13 rings (SSSR count). The van der Waals surface area contributed by atoms with Gasteiger partial charge in [0, 0.05) is 136 Å². The third-order valence-corrected chi connectivity index (χ3v) is 18.3. The van der Waals surface area contributed by atoms with E-state index in [4.69, 9.17) is 74.8 Å². The Hall–Kier alpha value is -8.16. The molecule has 24 heteroatoms. The van der Waals surface area contributed by atoms with Crippen molar-refractivity contribution in [3.05, 3.63) is 177 Å². The van der Waals surface area contributed by atoms with Crippen LogP contribution in [0.2, 0.25) is 10.0 Å². The number of nitrogens with one attached hydrogen (secondary N) is 6.